The summed E-state index contributed by atoms with van der Waals surface area (Å²) in [4.78, 5) is 40.9. The van der Waals surface area contributed by atoms with Crippen molar-refractivity contribution in [1.29, 1.82) is 0 Å². The van der Waals surface area contributed by atoms with Gasteiger partial charge in [0.05, 0.1) is 22.6 Å². The third-order valence-corrected chi connectivity index (χ3v) is 7.53. The highest BCUT2D eigenvalue weighted by atomic mass is 32.2. The molecule has 1 atom stereocenters. The molecule has 0 bridgehead atoms. The first-order chi connectivity index (χ1) is 12.9. The molecule has 4 rings (SSSR count). The van der Waals surface area contributed by atoms with E-state index >= 15 is 0 Å². The number of sulfone groups is 1. The zero-order chi connectivity index (χ0) is 19.2. The van der Waals surface area contributed by atoms with Gasteiger partial charge in [0.2, 0.25) is 5.91 Å². The van der Waals surface area contributed by atoms with Crippen molar-refractivity contribution in [2.24, 2.45) is 0 Å². The molecule has 0 aromatic heterocycles. The van der Waals surface area contributed by atoms with Crippen LogP contribution < -0.4 is 0 Å². The maximum absolute atomic E-state index is 13.1. The van der Waals surface area contributed by atoms with E-state index in [9.17, 15) is 22.8 Å². The second-order valence-electron chi connectivity index (χ2n) is 7.54. The van der Waals surface area contributed by atoms with Crippen LogP contribution in [0.4, 0.5) is 0 Å². The Hall–Kier alpha value is -2.22. The zero-order valence-corrected chi connectivity index (χ0v) is 15.8. The van der Waals surface area contributed by atoms with Crippen LogP contribution in [0.1, 0.15) is 52.8 Å². The molecule has 1 unspecified atom stereocenters. The molecule has 8 heteroatoms. The van der Waals surface area contributed by atoms with Crippen LogP contribution in [0.5, 0.6) is 0 Å². The van der Waals surface area contributed by atoms with Gasteiger partial charge in [-0.1, -0.05) is 25.0 Å². The third kappa shape index (κ3) is 3.26. The topological polar surface area (TPSA) is 91.8 Å². The Balaban J connectivity index is 1.56. The van der Waals surface area contributed by atoms with Gasteiger partial charge in [-0.2, -0.15) is 0 Å². The molecule has 3 amide bonds. The molecule has 2 fully saturated rings. The Labute approximate surface area is 158 Å². The Morgan fingerprint density at radius 2 is 1.59 bits per heavy atom. The van der Waals surface area contributed by atoms with Crippen molar-refractivity contribution in [1.82, 2.24) is 9.80 Å². The van der Waals surface area contributed by atoms with Crippen LogP contribution >= 0.6 is 0 Å². The Morgan fingerprint density at radius 3 is 2.11 bits per heavy atom. The van der Waals surface area contributed by atoms with Crippen molar-refractivity contribution >= 4 is 27.6 Å². The predicted molar refractivity (Wildman–Crippen MR) is 98.0 cm³/mol. The van der Waals surface area contributed by atoms with Gasteiger partial charge in [0.1, 0.15) is 6.54 Å². The maximum atomic E-state index is 13.1. The zero-order valence-electron chi connectivity index (χ0n) is 15.0. The molecule has 2 aliphatic heterocycles. The molecule has 144 valence electrons. The predicted octanol–water partition coefficient (Wildman–Crippen LogP) is 1.24. The summed E-state index contributed by atoms with van der Waals surface area (Å²) in [5.41, 5.74) is 0.623. The van der Waals surface area contributed by atoms with Gasteiger partial charge >= 0.3 is 0 Å². The SMILES string of the molecule is O=C1c2ccccc2C(=O)N1CC(=O)N(C1CCCC1)C1CCS(=O)(=O)C1. The highest BCUT2D eigenvalue weighted by molar-refractivity contribution is 7.91. The summed E-state index contributed by atoms with van der Waals surface area (Å²) in [6.45, 7) is -0.334. The van der Waals surface area contributed by atoms with Crippen molar-refractivity contribution in [3.8, 4) is 0 Å². The van der Waals surface area contributed by atoms with Crippen LogP contribution in [0.25, 0.3) is 0 Å². The highest BCUT2D eigenvalue weighted by Crippen LogP contribution is 2.30. The number of amides is 3. The molecule has 1 aromatic carbocycles. The molecule has 27 heavy (non-hydrogen) atoms. The first-order valence-electron chi connectivity index (χ1n) is 9.34. The van der Waals surface area contributed by atoms with Gasteiger partial charge in [0, 0.05) is 12.1 Å². The molecular formula is C19H22N2O5S. The summed E-state index contributed by atoms with van der Waals surface area (Å²) in [7, 11) is -3.14. The van der Waals surface area contributed by atoms with E-state index in [0.717, 1.165) is 30.6 Å². The first kappa shape index (κ1) is 18.2. The second kappa shape index (κ2) is 6.74. The summed E-state index contributed by atoms with van der Waals surface area (Å²) < 4.78 is 23.8. The average molecular weight is 390 g/mol. The van der Waals surface area contributed by atoms with Crippen LogP contribution in [0, 0.1) is 0 Å². The lowest BCUT2D eigenvalue weighted by Crippen LogP contribution is -2.51. The summed E-state index contributed by atoms with van der Waals surface area (Å²) in [5, 5.41) is 0. The second-order valence-corrected chi connectivity index (χ2v) is 9.77. The molecule has 0 N–H and O–H groups in total. The van der Waals surface area contributed by atoms with Gasteiger partial charge in [-0.05, 0) is 31.4 Å². The summed E-state index contributed by atoms with van der Waals surface area (Å²) in [6.07, 6.45) is 4.10. The highest BCUT2D eigenvalue weighted by Gasteiger charge is 2.42. The quantitative estimate of drug-likeness (QED) is 0.722. The molecule has 0 spiro atoms. The lowest BCUT2D eigenvalue weighted by atomic mass is 10.1. The van der Waals surface area contributed by atoms with Gasteiger partial charge in [-0.15, -0.1) is 0 Å². The minimum absolute atomic E-state index is 0.00835. The minimum Gasteiger partial charge on any atom is -0.334 e. The minimum atomic E-state index is -3.14. The number of carbonyl (C=O) groups excluding carboxylic acids is 3. The lowest BCUT2D eigenvalue weighted by Gasteiger charge is -2.35. The molecule has 2 heterocycles. The van der Waals surface area contributed by atoms with Gasteiger partial charge < -0.3 is 4.90 Å². The molecule has 1 saturated heterocycles. The van der Waals surface area contributed by atoms with E-state index in [1.54, 1.807) is 29.2 Å². The van der Waals surface area contributed by atoms with E-state index in [-0.39, 0.29) is 36.0 Å². The number of fused-ring (bicyclic) bond motifs is 1. The van der Waals surface area contributed by atoms with Crippen LogP contribution in [-0.4, -0.2) is 66.1 Å². The van der Waals surface area contributed by atoms with Gasteiger partial charge in [0.15, 0.2) is 9.84 Å². The molecule has 1 aliphatic carbocycles. The van der Waals surface area contributed by atoms with Gasteiger partial charge in [-0.25, -0.2) is 8.42 Å². The summed E-state index contributed by atoms with van der Waals surface area (Å²) in [5.74, 6) is -1.21. The van der Waals surface area contributed by atoms with E-state index in [1.807, 2.05) is 0 Å². The normalized spacial score (nSPS) is 24.4. The molecule has 1 saturated carbocycles. The maximum Gasteiger partial charge on any atom is 0.262 e. The number of imide groups is 1. The average Bonchev–Trinajstić information content (AvgIpc) is 3.33. The monoisotopic (exact) mass is 390 g/mol. The smallest absolute Gasteiger partial charge is 0.262 e. The van der Waals surface area contributed by atoms with Crippen LogP contribution in [-0.2, 0) is 14.6 Å². The Bertz CT molecular complexity index is 869. The van der Waals surface area contributed by atoms with Crippen LogP contribution in [0.3, 0.4) is 0 Å². The van der Waals surface area contributed by atoms with Crippen molar-refractivity contribution in [3.05, 3.63) is 35.4 Å². The third-order valence-electron chi connectivity index (χ3n) is 5.78. The Kier molecular flexibility index (Phi) is 4.53. The molecule has 7 nitrogen and oxygen atoms in total. The number of hydrogen-bond acceptors (Lipinski definition) is 5. The fourth-order valence-corrected chi connectivity index (χ4v) is 6.19. The van der Waals surface area contributed by atoms with E-state index in [1.165, 1.54) is 0 Å². The van der Waals surface area contributed by atoms with Gasteiger partial charge in [-0.3, -0.25) is 19.3 Å². The summed E-state index contributed by atoms with van der Waals surface area (Å²) >= 11 is 0. The number of benzene rings is 1. The van der Waals surface area contributed by atoms with E-state index in [2.05, 4.69) is 0 Å². The van der Waals surface area contributed by atoms with Crippen LogP contribution in [0.15, 0.2) is 24.3 Å². The molecule has 3 aliphatic rings. The van der Waals surface area contributed by atoms with E-state index < -0.39 is 21.7 Å². The van der Waals surface area contributed by atoms with Gasteiger partial charge in [0.25, 0.3) is 11.8 Å². The largest absolute Gasteiger partial charge is 0.334 e. The fourth-order valence-electron chi connectivity index (χ4n) is 4.48. The van der Waals surface area contributed by atoms with Crippen molar-refractivity contribution in [2.45, 2.75) is 44.2 Å². The number of carbonyl (C=O) groups is 3. The standard InChI is InChI=1S/C19H22N2O5S/c22-17(11-20-18(23)15-7-3-4-8-16(15)19(20)24)21(13-5-1-2-6-13)14-9-10-27(25,26)12-14/h3-4,7-8,13-14H,1-2,5-6,9-12H2. The number of rotatable bonds is 4. The number of hydrogen-bond donors (Lipinski definition) is 0. The van der Waals surface area contributed by atoms with Crippen molar-refractivity contribution in [2.75, 3.05) is 18.1 Å². The fraction of sp³-hybridized carbons (Fsp3) is 0.526. The number of nitrogens with zero attached hydrogens (tertiary/aromatic N) is 2. The molecular weight excluding hydrogens is 368 g/mol. The van der Waals surface area contributed by atoms with Crippen LogP contribution in [0.2, 0.25) is 0 Å². The Morgan fingerprint density at radius 1 is 1.00 bits per heavy atom. The molecule has 1 aromatic rings. The first-order valence-corrected chi connectivity index (χ1v) is 11.2. The van der Waals surface area contributed by atoms with E-state index in [0.29, 0.717) is 17.5 Å². The molecule has 0 radical (unpaired) electrons. The van der Waals surface area contributed by atoms with E-state index in [4.69, 9.17) is 0 Å². The lowest BCUT2D eigenvalue weighted by molar-refractivity contribution is -0.135. The summed E-state index contributed by atoms with van der Waals surface area (Å²) in [6, 6.07) is 6.16. The van der Waals surface area contributed by atoms with Crippen molar-refractivity contribution in [3.63, 3.8) is 0 Å². The van der Waals surface area contributed by atoms with Crippen molar-refractivity contribution < 1.29 is 22.8 Å².